The predicted molar refractivity (Wildman–Crippen MR) is 80.2 cm³/mol. The summed E-state index contributed by atoms with van der Waals surface area (Å²) in [5.74, 6) is 0.718. The standard InChI is InChI=1S/C15H16O6S/c1-7(16)9-5-8-3-2-4-20-13(8)14(9)21-15-12(19)11(18)10(17)6-22-15/h2-5,10-12,15,17-19H,6H2,1H3/t10-,11+,12-,15+/m1/s1. The number of aliphatic hydroxyl groups excluding tert-OH is 3. The fourth-order valence-electron chi connectivity index (χ4n) is 2.41. The third-order valence-electron chi connectivity index (χ3n) is 3.62. The van der Waals surface area contributed by atoms with Crippen LogP contribution in [0.1, 0.15) is 17.3 Å². The highest BCUT2D eigenvalue weighted by Gasteiger charge is 2.39. The van der Waals surface area contributed by atoms with Crippen LogP contribution in [0.2, 0.25) is 0 Å². The van der Waals surface area contributed by atoms with E-state index in [9.17, 15) is 20.1 Å². The minimum absolute atomic E-state index is 0.183. The van der Waals surface area contributed by atoms with Crippen molar-refractivity contribution in [3.63, 3.8) is 0 Å². The van der Waals surface area contributed by atoms with Gasteiger partial charge in [-0.3, -0.25) is 4.79 Å². The first-order valence-corrected chi connectivity index (χ1v) is 7.87. The second-order valence-corrected chi connectivity index (χ2v) is 6.34. The van der Waals surface area contributed by atoms with Crippen molar-refractivity contribution < 1.29 is 29.3 Å². The van der Waals surface area contributed by atoms with Crippen molar-refractivity contribution >= 4 is 17.5 Å². The summed E-state index contributed by atoms with van der Waals surface area (Å²) < 4.78 is 11.2. The molecule has 0 bridgehead atoms. The Morgan fingerprint density at radius 1 is 1.36 bits per heavy atom. The normalized spacial score (nSPS) is 28.7. The van der Waals surface area contributed by atoms with Crippen molar-refractivity contribution in [3.05, 3.63) is 30.0 Å². The predicted octanol–water partition coefficient (Wildman–Crippen LogP) is 1.12. The van der Waals surface area contributed by atoms with Crippen LogP contribution < -0.4 is 4.74 Å². The highest BCUT2D eigenvalue weighted by Crippen LogP contribution is 2.41. The van der Waals surface area contributed by atoms with E-state index in [-0.39, 0.29) is 17.3 Å². The second-order valence-electron chi connectivity index (χ2n) is 5.21. The number of thioether (sulfide) groups is 1. The van der Waals surface area contributed by atoms with Crippen molar-refractivity contribution in [1.29, 1.82) is 0 Å². The maximum Gasteiger partial charge on any atom is 0.176 e. The van der Waals surface area contributed by atoms with E-state index in [0.717, 1.165) is 5.56 Å². The molecule has 4 atom stereocenters. The van der Waals surface area contributed by atoms with Gasteiger partial charge in [-0.25, -0.2) is 0 Å². The van der Waals surface area contributed by atoms with Gasteiger partial charge in [0.1, 0.15) is 12.2 Å². The first kappa shape index (κ1) is 15.4. The van der Waals surface area contributed by atoms with Gasteiger partial charge in [0.2, 0.25) is 0 Å². The minimum atomic E-state index is -1.29. The molecule has 3 aliphatic rings. The van der Waals surface area contributed by atoms with Crippen LogP contribution in [0, 0.1) is 0 Å². The van der Waals surface area contributed by atoms with Crippen LogP contribution in [0.3, 0.4) is 0 Å². The Hall–Kier alpha value is -1.54. The van der Waals surface area contributed by atoms with Crippen molar-refractivity contribution in [2.45, 2.75) is 30.7 Å². The average molecular weight is 324 g/mol. The van der Waals surface area contributed by atoms with Crippen LogP contribution in [0.15, 0.2) is 28.9 Å². The third-order valence-corrected chi connectivity index (χ3v) is 4.86. The molecule has 1 fully saturated rings. The van der Waals surface area contributed by atoms with Crippen molar-refractivity contribution in [2.24, 2.45) is 0 Å². The van der Waals surface area contributed by atoms with Crippen molar-refractivity contribution in [3.8, 4) is 17.1 Å². The van der Waals surface area contributed by atoms with Crippen LogP contribution in [0.4, 0.5) is 0 Å². The fraction of sp³-hybridized carbons (Fsp3) is 0.400. The summed E-state index contributed by atoms with van der Waals surface area (Å²) in [6.07, 6.45) is -2.08. The van der Waals surface area contributed by atoms with Gasteiger partial charge < -0.3 is 24.5 Å². The number of hydrogen-bond acceptors (Lipinski definition) is 7. The lowest BCUT2D eigenvalue weighted by Gasteiger charge is -2.34. The number of Topliss-reactive ketones (excluding diaryl/α,β-unsaturated/α-hetero) is 1. The quantitative estimate of drug-likeness (QED) is 0.727. The smallest absolute Gasteiger partial charge is 0.176 e. The molecule has 0 saturated carbocycles. The van der Waals surface area contributed by atoms with Crippen molar-refractivity contribution in [2.75, 3.05) is 5.75 Å². The number of carbonyl (C=O) groups is 1. The maximum absolute atomic E-state index is 11.8. The Labute approximate surface area is 131 Å². The number of aliphatic hydroxyl groups is 3. The molecule has 22 heavy (non-hydrogen) atoms. The summed E-state index contributed by atoms with van der Waals surface area (Å²) >= 11 is 1.18. The van der Waals surface area contributed by atoms with E-state index < -0.39 is 23.7 Å². The third kappa shape index (κ3) is 2.61. The molecule has 2 aliphatic heterocycles. The van der Waals surface area contributed by atoms with Crippen LogP contribution in [0.5, 0.6) is 5.75 Å². The number of rotatable bonds is 3. The van der Waals surface area contributed by atoms with E-state index in [1.165, 1.54) is 24.9 Å². The van der Waals surface area contributed by atoms with Gasteiger partial charge in [0, 0.05) is 11.3 Å². The van der Waals surface area contributed by atoms with Crippen LogP contribution in [-0.4, -0.2) is 50.6 Å². The van der Waals surface area contributed by atoms with Crippen LogP contribution in [0.25, 0.3) is 11.3 Å². The van der Waals surface area contributed by atoms with E-state index in [1.54, 1.807) is 18.2 Å². The number of hydrogen-bond donors (Lipinski definition) is 3. The highest BCUT2D eigenvalue weighted by atomic mass is 32.2. The van der Waals surface area contributed by atoms with Crippen molar-refractivity contribution in [1.82, 2.24) is 0 Å². The van der Waals surface area contributed by atoms with Gasteiger partial charge in [0.05, 0.1) is 17.9 Å². The zero-order valence-corrected chi connectivity index (χ0v) is 12.6. The molecule has 0 aromatic heterocycles. The number of carbonyl (C=O) groups excluding carboxylic acids is 1. The van der Waals surface area contributed by atoms with Gasteiger partial charge in [-0.15, -0.1) is 11.8 Å². The second kappa shape index (κ2) is 5.92. The monoisotopic (exact) mass is 324 g/mol. The summed E-state index contributed by atoms with van der Waals surface area (Å²) in [6, 6.07) is 5.17. The summed E-state index contributed by atoms with van der Waals surface area (Å²) in [5, 5.41) is 29.3. The first-order chi connectivity index (χ1) is 10.5. The maximum atomic E-state index is 11.8. The Kier molecular flexibility index (Phi) is 4.14. The van der Waals surface area contributed by atoms with E-state index in [0.29, 0.717) is 11.3 Å². The van der Waals surface area contributed by atoms with E-state index in [4.69, 9.17) is 9.15 Å². The summed E-state index contributed by atoms with van der Waals surface area (Å²) in [6.45, 7) is 1.42. The van der Waals surface area contributed by atoms with Crippen LogP contribution >= 0.6 is 11.8 Å². The molecule has 1 saturated heterocycles. The molecule has 6 nitrogen and oxygen atoms in total. The number of ether oxygens (including phenoxy) is 1. The lowest BCUT2D eigenvalue weighted by atomic mass is 10.1. The van der Waals surface area contributed by atoms with E-state index in [1.807, 2.05) is 0 Å². The molecule has 0 aromatic rings. The molecule has 7 heteroatoms. The molecule has 3 N–H and O–H groups in total. The minimum Gasteiger partial charge on any atom is -0.472 e. The van der Waals surface area contributed by atoms with Gasteiger partial charge in [-0.2, -0.15) is 0 Å². The van der Waals surface area contributed by atoms with E-state index in [2.05, 4.69) is 0 Å². The lowest BCUT2D eigenvalue weighted by Crippen LogP contribution is -2.50. The fourth-order valence-corrected chi connectivity index (χ4v) is 3.52. The average Bonchev–Trinajstić information content (AvgIpc) is 2.87. The molecule has 3 rings (SSSR count). The molecule has 0 aromatic carbocycles. The SMILES string of the molecule is CC(=O)c1cc2cccoc-2c1O[C@H]1SC[C@@H](O)[C@H](O)[C@H]1O. The zero-order valence-electron chi connectivity index (χ0n) is 11.8. The molecular weight excluding hydrogens is 308 g/mol. The Morgan fingerprint density at radius 2 is 2.14 bits per heavy atom. The molecule has 118 valence electrons. The molecular formula is C15H16O6S. The summed E-state index contributed by atoms with van der Waals surface area (Å²) in [7, 11) is 0. The molecule has 0 radical (unpaired) electrons. The number of fused-ring (bicyclic) bond motifs is 1. The Balaban J connectivity index is 1.94. The van der Waals surface area contributed by atoms with Crippen LogP contribution in [-0.2, 0) is 0 Å². The lowest BCUT2D eigenvalue weighted by molar-refractivity contribution is -0.0786. The van der Waals surface area contributed by atoms with Gasteiger partial charge >= 0.3 is 0 Å². The van der Waals surface area contributed by atoms with Gasteiger partial charge in [0.15, 0.2) is 22.7 Å². The summed E-state index contributed by atoms with van der Waals surface area (Å²) in [5.41, 5.74) is 0.287. The highest BCUT2D eigenvalue weighted by molar-refractivity contribution is 7.99. The first-order valence-electron chi connectivity index (χ1n) is 6.82. The molecule has 0 amide bonds. The number of ketones is 1. The zero-order chi connectivity index (χ0) is 15.9. The summed E-state index contributed by atoms with van der Waals surface area (Å²) in [4.78, 5) is 11.8. The van der Waals surface area contributed by atoms with Gasteiger partial charge in [-0.05, 0) is 25.1 Å². The molecule has 1 aliphatic carbocycles. The topological polar surface area (TPSA) is 100 Å². The van der Waals surface area contributed by atoms with Gasteiger partial charge in [-0.1, -0.05) is 0 Å². The Bertz CT molecular complexity index is 654. The Morgan fingerprint density at radius 3 is 2.86 bits per heavy atom. The van der Waals surface area contributed by atoms with E-state index >= 15 is 0 Å². The molecule has 0 spiro atoms. The van der Waals surface area contributed by atoms with Gasteiger partial charge in [0.25, 0.3) is 0 Å². The molecule has 2 heterocycles. The molecule has 0 unspecified atom stereocenters. The largest absolute Gasteiger partial charge is 0.472 e.